The molecule has 9 nitrogen and oxygen atoms in total. The van der Waals surface area contributed by atoms with Crippen LogP contribution in [0.4, 0.5) is 0 Å². The molecule has 1 aliphatic carbocycles. The predicted octanol–water partition coefficient (Wildman–Crippen LogP) is -0.527. The molecule has 4 rings (SSSR count). The fourth-order valence-corrected chi connectivity index (χ4v) is 4.51. The third-order valence-electron chi connectivity index (χ3n) is 4.93. The van der Waals surface area contributed by atoms with Gasteiger partial charge in [0, 0.05) is 24.8 Å². The molecule has 2 aromatic heterocycles. The van der Waals surface area contributed by atoms with Crippen molar-refractivity contribution in [3.05, 3.63) is 29.7 Å². The molecule has 1 saturated carbocycles. The molecule has 10 heteroatoms. The number of hydrogen-bond donors (Lipinski definition) is 2. The lowest BCUT2D eigenvalue weighted by atomic mass is 9.72. The van der Waals surface area contributed by atoms with Crippen molar-refractivity contribution >= 4 is 21.6 Å². The second-order valence-corrected chi connectivity index (χ2v) is 8.34. The van der Waals surface area contributed by atoms with E-state index in [1.807, 2.05) is 0 Å². The molecule has 2 aliphatic rings. The van der Waals surface area contributed by atoms with Crippen molar-refractivity contribution in [3.8, 4) is 0 Å². The topological polar surface area (TPSA) is 115 Å². The van der Waals surface area contributed by atoms with Crippen LogP contribution >= 0.6 is 0 Å². The minimum Gasteiger partial charge on any atom is -0.376 e. The fraction of sp³-hybridized carbons (Fsp3) is 0.533. The van der Waals surface area contributed by atoms with E-state index in [4.69, 9.17) is 4.74 Å². The van der Waals surface area contributed by atoms with Gasteiger partial charge in [0.1, 0.15) is 0 Å². The Kier molecular flexibility index (Phi) is 3.78. The zero-order valence-electron chi connectivity index (χ0n) is 13.8. The molecular formula is C15H19N5O4S. The highest BCUT2D eigenvalue weighted by Crippen LogP contribution is 2.39. The van der Waals surface area contributed by atoms with Gasteiger partial charge >= 0.3 is 0 Å². The Morgan fingerprint density at radius 3 is 2.96 bits per heavy atom. The molecule has 25 heavy (non-hydrogen) atoms. The predicted molar refractivity (Wildman–Crippen MR) is 88.6 cm³/mol. The van der Waals surface area contributed by atoms with E-state index in [0.29, 0.717) is 23.5 Å². The van der Waals surface area contributed by atoms with Gasteiger partial charge < -0.3 is 10.1 Å². The van der Waals surface area contributed by atoms with Gasteiger partial charge in [0.2, 0.25) is 10.0 Å². The number of ether oxygens (including phenoxy) is 1. The second-order valence-electron chi connectivity index (χ2n) is 6.56. The van der Waals surface area contributed by atoms with Crippen molar-refractivity contribution in [2.24, 2.45) is 5.92 Å². The minimum absolute atomic E-state index is 0.116. The number of fused-ring (bicyclic) bond motifs is 2. The minimum atomic E-state index is -3.39. The first-order chi connectivity index (χ1) is 11.8. The van der Waals surface area contributed by atoms with Gasteiger partial charge in [-0.1, -0.05) is 0 Å². The first-order valence-corrected chi connectivity index (χ1v) is 9.93. The Hall–Kier alpha value is -2.04. The largest absolute Gasteiger partial charge is 0.376 e. The lowest BCUT2D eigenvalue weighted by molar-refractivity contribution is -0.0194. The molecule has 0 spiro atoms. The SMILES string of the molecule is Cc1c(C(=O)N[C@H]2[C@H]3CCO[C@H]3[C@@H]2NS(C)(=O)=O)cnc2ccnn12. The fourth-order valence-electron chi connectivity index (χ4n) is 3.73. The summed E-state index contributed by atoms with van der Waals surface area (Å²) >= 11 is 0. The van der Waals surface area contributed by atoms with Gasteiger partial charge in [0.05, 0.1) is 41.9 Å². The zero-order valence-corrected chi connectivity index (χ0v) is 14.7. The third kappa shape index (κ3) is 2.79. The molecule has 0 aromatic carbocycles. The van der Waals surface area contributed by atoms with Crippen LogP contribution in [0, 0.1) is 12.8 Å². The van der Waals surface area contributed by atoms with Crippen molar-refractivity contribution in [2.75, 3.05) is 12.9 Å². The molecule has 2 fully saturated rings. The van der Waals surface area contributed by atoms with E-state index in [1.165, 1.54) is 6.20 Å². The Morgan fingerprint density at radius 1 is 1.40 bits per heavy atom. The molecule has 1 amide bonds. The first kappa shape index (κ1) is 16.4. The lowest BCUT2D eigenvalue weighted by Crippen LogP contribution is -2.70. The number of sulfonamides is 1. The van der Waals surface area contributed by atoms with Crippen LogP contribution in [-0.2, 0) is 14.8 Å². The molecule has 0 radical (unpaired) electrons. The average Bonchev–Trinajstić information content (AvgIpc) is 3.17. The van der Waals surface area contributed by atoms with Crippen LogP contribution in [0.15, 0.2) is 18.5 Å². The Bertz CT molecular complexity index is 941. The van der Waals surface area contributed by atoms with E-state index in [1.54, 1.807) is 23.7 Å². The number of nitrogens with zero attached hydrogens (tertiary/aromatic N) is 3. The molecule has 0 unspecified atom stereocenters. The number of aromatic nitrogens is 3. The molecule has 2 aromatic rings. The molecular weight excluding hydrogens is 346 g/mol. The van der Waals surface area contributed by atoms with Gasteiger partial charge in [-0.05, 0) is 13.3 Å². The van der Waals surface area contributed by atoms with Crippen LogP contribution in [0.5, 0.6) is 0 Å². The Balaban J connectivity index is 1.57. The number of carbonyl (C=O) groups excluding carboxylic acids is 1. The van der Waals surface area contributed by atoms with Crippen molar-refractivity contribution in [1.29, 1.82) is 0 Å². The molecule has 2 N–H and O–H groups in total. The lowest BCUT2D eigenvalue weighted by Gasteiger charge is -2.47. The number of hydrogen-bond acceptors (Lipinski definition) is 6. The van der Waals surface area contributed by atoms with E-state index in [9.17, 15) is 13.2 Å². The van der Waals surface area contributed by atoms with Gasteiger partial charge in [-0.3, -0.25) is 4.79 Å². The van der Waals surface area contributed by atoms with Gasteiger partial charge in [-0.2, -0.15) is 5.10 Å². The summed E-state index contributed by atoms with van der Waals surface area (Å²) in [5.41, 5.74) is 1.76. The summed E-state index contributed by atoms with van der Waals surface area (Å²) in [6.07, 6.45) is 4.85. The monoisotopic (exact) mass is 365 g/mol. The summed E-state index contributed by atoms with van der Waals surface area (Å²) in [6.45, 7) is 2.37. The highest BCUT2D eigenvalue weighted by molar-refractivity contribution is 7.88. The van der Waals surface area contributed by atoms with E-state index in [-0.39, 0.29) is 24.0 Å². The highest BCUT2D eigenvalue weighted by atomic mass is 32.2. The van der Waals surface area contributed by atoms with Crippen LogP contribution < -0.4 is 10.0 Å². The third-order valence-corrected chi connectivity index (χ3v) is 5.63. The smallest absolute Gasteiger partial charge is 0.254 e. The van der Waals surface area contributed by atoms with Gasteiger partial charge in [0.25, 0.3) is 5.91 Å². The highest BCUT2D eigenvalue weighted by Gasteiger charge is 2.55. The normalized spacial score (nSPS) is 28.6. The summed E-state index contributed by atoms with van der Waals surface area (Å²) < 4.78 is 33.0. The Morgan fingerprint density at radius 2 is 2.20 bits per heavy atom. The van der Waals surface area contributed by atoms with Gasteiger partial charge in [-0.15, -0.1) is 0 Å². The van der Waals surface area contributed by atoms with E-state index < -0.39 is 16.1 Å². The summed E-state index contributed by atoms with van der Waals surface area (Å²) in [5, 5.41) is 7.10. The van der Waals surface area contributed by atoms with Crippen LogP contribution in [0.25, 0.3) is 5.65 Å². The number of aryl methyl sites for hydroxylation is 1. The van der Waals surface area contributed by atoms with E-state index in [0.717, 1.165) is 12.7 Å². The second kappa shape index (κ2) is 5.75. The summed E-state index contributed by atoms with van der Waals surface area (Å²) in [4.78, 5) is 16.9. The molecule has 134 valence electrons. The van der Waals surface area contributed by atoms with Crippen LogP contribution in [-0.4, -0.2) is 60.0 Å². The van der Waals surface area contributed by atoms with Crippen LogP contribution in [0.1, 0.15) is 22.5 Å². The van der Waals surface area contributed by atoms with Crippen molar-refractivity contribution in [2.45, 2.75) is 31.5 Å². The van der Waals surface area contributed by atoms with E-state index >= 15 is 0 Å². The number of nitrogens with one attached hydrogen (secondary N) is 2. The molecule has 0 bridgehead atoms. The van der Waals surface area contributed by atoms with Gasteiger partial charge in [0.15, 0.2) is 5.65 Å². The van der Waals surface area contributed by atoms with Crippen molar-refractivity contribution in [3.63, 3.8) is 0 Å². The molecule has 4 atom stereocenters. The van der Waals surface area contributed by atoms with Gasteiger partial charge in [-0.25, -0.2) is 22.6 Å². The standard InChI is InChI=1S/C15H19N5O4S/c1-8-10(7-16-11-3-5-17-20(8)11)15(21)18-12-9-4-6-24-14(9)13(12)19-25(2,22)23/h3,5,7,9,12-14,19H,4,6H2,1-2H3,(H,18,21)/t9-,12+,13-,14-/m1/s1. The first-order valence-electron chi connectivity index (χ1n) is 8.04. The summed E-state index contributed by atoms with van der Waals surface area (Å²) in [5.74, 6) is -0.178. The number of carbonyl (C=O) groups is 1. The van der Waals surface area contributed by atoms with Crippen LogP contribution in [0.2, 0.25) is 0 Å². The number of rotatable bonds is 4. The summed E-state index contributed by atoms with van der Waals surface area (Å²) in [6, 6.07) is 1.00. The molecule has 1 aliphatic heterocycles. The average molecular weight is 365 g/mol. The van der Waals surface area contributed by atoms with Crippen molar-refractivity contribution < 1.29 is 17.9 Å². The molecule has 3 heterocycles. The molecule has 1 saturated heterocycles. The van der Waals surface area contributed by atoms with Crippen LogP contribution in [0.3, 0.4) is 0 Å². The quantitative estimate of drug-likeness (QED) is 0.753. The number of amides is 1. The van der Waals surface area contributed by atoms with Crippen molar-refractivity contribution in [1.82, 2.24) is 24.6 Å². The maximum Gasteiger partial charge on any atom is 0.254 e. The zero-order chi connectivity index (χ0) is 17.8. The Labute approximate surface area is 144 Å². The maximum atomic E-state index is 12.7. The maximum absolute atomic E-state index is 12.7. The van der Waals surface area contributed by atoms with E-state index in [2.05, 4.69) is 20.1 Å². The summed E-state index contributed by atoms with van der Waals surface area (Å²) in [7, 11) is -3.39.